The van der Waals surface area contributed by atoms with Gasteiger partial charge in [0, 0.05) is 24.1 Å². The molecule has 5 heteroatoms. The van der Waals surface area contributed by atoms with E-state index in [0.717, 1.165) is 11.1 Å². The summed E-state index contributed by atoms with van der Waals surface area (Å²) in [7, 11) is 0. The summed E-state index contributed by atoms with van der Waals surface area (Å²) in [6, 6.07) is 6.94. The number of hydrogen-bond donors (Lipinski definition) is 1. The van der Waals surface area contributed by atoms with Gasteiger partial charge in [-0.2, -0.15) is 5.26 Å². The van der Waals surface area contributed by atoms with Gasteiger partial charge in [-0.05, 0) is 19.4 Å². The Hall–Kier alpha value is -2.35. The van der Waals surface area contributed by atoms with Crippen molar-refractivity contribution in [3.05, 3.63) is 34.9 Å². The van der Waals surface area contributed by atoms with Crippen LogP contribution in [0.2, 0.25) is 0 Å². The highest BCUT2D eigenvalue weighted by Gasteiger charge is 2.36. The topological polar surface area (TPSA) is 81.4 Å². The third kappa shape index (κ3) is 2.43. The van der Waals surface area contributed by atoms with Gasteiger partial charge < -0.3 is 10.0 Å². The van der Waals surface area contributed by atoms with Crippen LogP contribution in [0.25, 0.3) is 0 Å². The third-order valence-electron chi connectivity index (χ3n) is 3.22. The van der Waals surface area contributed by atoms with E-state index in [1.165, 1.54) is 4.90 Å². The Morgan fingerprint density at radius 2 is 2.26 bits per heavy atom. The highest BCUT2D eigenvalue weighted by atomic mass is 16.4. The zero-order valence-electron chi connectivity index (χ0n) is 10.6. The van der Waals surface area contributed by atoms with Crippen molar-refractivity contribution in [1.29, 1.82) is 5.26 Å². The van der Waals surface area contributed by atoms with Crippen molar-refractivity contribution in [3.8, 4) is 6.07 Å². The van der Waals surface area contributed by atoms with Gasteiger partial charge in [-0.3, -0.25) is 9.59 Å². The maximum absolute atomic E-state index is 12.2. The maximum atomic E-state index is 12.2. The zero-order valence-corrected chi connectivity index (χ0v) is 10.6. The van der Waals surface area contributed by atoms with E-state index in [4.69, 9.17) is 5.11 Å². The molecule has 0 fully saturated rings. The molecule has 1 unspecified atom stereocenters. The van der Waals surface area contributed by atoms with Crippen molar-refractivity contribution in [2.24, 2.45) is 0 Å². The minimum atomic E-state index is -0.895. The molecule has 1 aliphatic rings. The predicted molar refractivity (Wildman–Crippen MR) is 67.4 cm³/mol. The largest absolute Gasteiger partial charge is 0.481 e. The van der Waals surface area contributed by atoms with Gasteiger partial charge in [0.15, 0.2) is 0 Å². The molecular weight excluding hydrogens is 244 g/mol. The lowest BCUT2D eigenvalue weighted by molar-refractivity contribution is -0.137. The summed E-state index contributed by atoms with van der Waals surface area (Å²) in [5.41, 5.74) is 2.27. The van der Waals surface area contributed by atoms with Crippen LogP contribution in [0.15, 0.2) is 18.2 Å². The first-order chi connectivity index (χ1) is 9.04. The van der Waals surface area contributed by atoms with Crippen LogP contribution in [0.4, 0.5) is 0 Å². The molecule has 5 nitrogen and oxygen atoms in total. The first-order valence-electron chi connectivity index (χ1n) is 6.07. The van der Waals surface area contributed by atoms with Crippen molar-refractivity contribution < 1.29 is 14.7 Å². The molecule has 0 radical (unpaired) electrons. The summed E-state index contributed by atoms with van der Waals surface area (Å²) in [6.07, 6.45) is 0.351. The van der Waals surface area contributed by atoms with Gasteiger partial charge in [0.2, 0.25) is 0 Å². The quantitative estimate of drug-likeness (QED) is 0.894. The molecule has 2 rings (SSSR count). The summed E-state index contributed by atoms with van der Waals surface area (Å²) in [4.78, 5) is 24.1. The first kappa shape index (κ1) is 13.1. The van der Waals surface area contributed by atoms with Crippen LogP contribution >= 0.6 is 0 Å². The van der Waals surface area contributed by atoms with E-state index in [2.05, 4.69) is 6.07 Å². The number of benzene rings is 1. The Morgan fingerprint density at radius 3 is 2.89 bits per heavy atom. The number of nitriles is 1. The van der Waals surface area contributed by atoms with Gasteiger partial charge in [0.25, 0.3) is 5.91 Å². The van der Waals surface area contributed by atoms with Crippen molar-refractivity contribution in [1.82, 2.24) is 4.90 Å². The second-order valence-electron chi connectivity index (χ2n) is 4.62. The van der Waals surface area contributed by atoms with Crippen LogP contribution in [-0.4, -0.2) is 28.4 Å². The Labute approximate surface area is 111 Å². The minimum Gasteiger partial charge on any atom is -0.481 e. The van der Waals surface area contributed by atoms with Crippen LogP contribution < -0.4 is 0 Å². The van der Waals surface area contributed by atoms with Gasteiger partial charge in [-0.15, -0.1) is 0 Å². The fourth-order valence-corrected chi connectivity index (χ4v) is 2.31. The van der Waals surface area contributed by atoms with E-state index in [9.17, 15) is 14.9 Å². The van der Waals surface area contributed by atoms with E-state index >= 15 is 0 Å². The Morgan fingerprint density at radius 1 is 1.53 bits per heavy atom. The summed E-state index contributed by atoms with van der Waals surface area (Å²) < 4.78 is 0. The van der Waals surface area contributed by atoms with Crippen LogP contribution in [0.5, 0.6) is 0 Å². The first-order valence-corrected chi connectivity index (χ1v) is 6.07. The van der Waals surface area contributed by atoms with Crippen molar-refractivity contribution in [2.75, 3.05) is 6.54 Å². The molecule has 1 aromatic rings. The number of fused-ring (bicyclic) bond motifs is 1. The molecule has 1 atom stereocenters. The smallest absolute Gasteiger partial charge is 0.303 e. The number of hydrogen-bond acceptors (Lipinski definition) is 3. The zero-order chi connectivity index (χ0) is 14.0. The Balaban J connectivity index is 2.22. The van der Waals surface area contributed by atoms with E-state index in [-0.39, 0.29) is 18.9 Å². The highest BCUT2D eigenvalue weighted by molar-refractivity contribution is 5.99. The monoisotopic (exact) mass is 258 g/mol. The molecule has 98 valence electrons. The lowest BCUT2D eigenvalue weighted by atomic mass is 10.0. The molecule has 0 aliphatic carbocycles. The molecule has 1 amide bonds. The summed E-state index contributed by atoms with van der Waals surface area (Å²) >= 11 is 0. The van der Waals surface area contributed by atoms with Crippen LogP contribution in [0, 0.1) is 18.3 Å². The van der Waals surface area contributed by atoms with Crippen LogP contribution in [0.1, 0.15) is 40.4 Å². The SMILES string of the molecule is Cc1ccc2c(c1)C(C#N)N(CCCC(=O)O)C2=O. The van der Waals surface area contributed by atoms with Gasteiger partial charge in [0.05, 0.1) is 6.07 Å². The van der Waals surface area contributed by atoms with Crippen molar-refractivity contribution >= 4 is 11.9 Å². The molecule has 1 heterocycles. The number of carboxylic acid groups (broad SMARTS) is 1. The predicted octanol–water partition coefficient (Wildman–Crippen LogP) is 1.88. The van der Waals surface area contributed by atoms with Crippen LogP contribution in [0.3, 0.4) is 0 Å². The van der Waals surface area contributed by atoms with E-state index < -0.39 is 12.0 Å². The van der Waals surface area contributed by atoms with E-state index in [0.29, 0.717) is 12.0 Å². The second kappa shape index (κ2) is 5.11. The average molecular weight is 258 g/mol. The minimum absolute atomic E-state index is 0.00268. The number of aryl methyl sites for hydroxylation is 1. The van der Waals surface area contributed by atoms with Gasteiger partial charge in [-0.25, -0.2) is 0 Å². The molecule has 0 bridgehead atoms. The number of carbonyl (C=O) groups is 2. The second-order valence-corrected chi connectivity index (χ2v) is 4.62. The number of amides is 1. The van der Waals surface area contributed by atoms with Crippen LogP contribution in [-0.2, 0) is 4.79 Å². The number of carboxylic acids is 1. The molecule has 1 aromatic carbocycles. The number of rotatable bonds is 4. The summed E-state index contributed by atoms with van der Waals surface area (Å²) in [6.45, 7) is 2.20. The highest BCUT2D eigenvalue weighted by Crippen LogP contribution is 2.33. The molecule has 19 heavy (non-hydrogen) atoms. The Kier molecular flexibility index (Phi) is 3.52. The molecule has 0 saturated carbocycles. The molecule has 1 aliphatic heterocycles. The summed E-state index contributed by atoms with van der Waals surface area (Å²) in [5, 5.41) is 17.9. The molecule has 0 spiro atoms. The molecule has 0 aromatic heterocycles. The third-order valence-corrected chi connectivity index (χ3v) is 3.22. The molecular formula is C14H14N2O3. The number of nitrogens with zero attached hydrogens (tertiary/aromatic N) is 2. The Bertz CT molecular complexity index is 575. The fraction of sp³-hybridized carbons (Fsp3) is 0.357. The number of aliphatic carboxylic acids is 1. The standard InChI is InChI=1S/C14H14N2O3/c1-9-4-5-10-11(7-9)12(8-15)16(14(10)19)6-2-3-13(17)18/h4-5,7,12H,2-3,6H2,1H3,(H,17,18). The molecule has 0 saturated heterocycles. The summed E-state index contributed by atoms with van der Waals surface area (Å²) in [5.74, 6) is -1.08. The van der Waals surface area contributed by atoms with Gasteiger partial charge in [0.1, 0.15) is 6.04 Å². The normalized spacial score (nSPS) is 17.2. The van der Waals surface area contributed by atoms with Gasteiger partial charge in [-0.1, -0.05) is 17.7 Å². The lowest BCUT2D eigenvalue weighted by Crippen LogP contribution is -2.28. The maximum Gasteiger partial charge on any atom is 0.303 e. The average Bonchev–Trinajstić information content (AvgIpc) is 2.61. The van der Waals surface area contributed by atoms with Crippen molar-refractivity contribution in [2.45, 2.75) is 25.8 Å². The lowest BCUT2D eigenvalue weighted by Gasteiger charge is -2.19. The van der Waals surface area contributed by atoms with E-state index in [1.807, 2.05) is 19.1 Å². The number of carbonyl (C=O) groups excluding carboxylic acids is 1. The van der Waals surface area contributed by atoms with Gasteiger partial charge >= 0.3 is 5.97 Å². The van der Waals surface area contributed by atoms with Crippen molar-refractivity contribution in [3.63, 3.8) is 0 Å². The molecule has 1 N–H and O–H groups in total. The fourth-order valence-electron chi connectivity index (χ4n) is 2.31. The van der Waals surface area contributed by atoms with E-state index in [1.54, 1.807) is 6.07 Å².